The van der Waals surface area contributed by atoms with Gasteiger partial charge in [0, 0.05) is 37.2 Å². The number of hydrogen-bond acceptors (Lipinski definition) is 6. The van der Waals surface area contributed by atoms with E-state index in [1.54, 1.807) is 24.3 Å². The number of amides is 2. The number of dihydropyridines is 2. The summed E-state index contributed by atoms with van der Waals surface area (Å²) in [6, 6.07) is 6.30. The average Bonchev–Trinajstić information content (AvgIpc) is 3.70. The van der Waals surface area contributed by atoms with Crippen LogP contribution < -0.4 is 16.0 Å². The molecular formula is C28H30FN5O3. The fourth-order valence-corrected chi connectivity index (χ4v) is 5.28. The normalized spacial score (nSPS) is 25.1. The predicted molar refractivity (Wildman–Crippen MR) is 135 cm³/mol. The zero-order valence-electron chi connectivity index (χ0n) is 20.9. The van der Waals surface area contributed by atoms with Crippen LogP contribution in [-0.2, 0) is 20.9 Å². The second kappa shape index (κ2) is 9.77. The fourth-order valence-electron chi connectivity index (χ4n) is 5.28. The number of methoxy groups -OCH3 is 1. The van der Waals surface area contributed by atoms with E-state index in [0.717, 1.165) is 24.1 Å². The van der Waals surface area contributed by atoms with Crippen LogP contribution in [0.3, 0.4) is 0 Å². The number of halogens is 1. The highest BCUT2D eigenvalue weighted by molar-refractivity contribution is 5.91. The minimum atomic E-state index is -0.941. The molecule has 1 aromatic carbocycles. The summed E-state index contributed by atoms with van der Waals surface area (Å²) in [6.07, 6.45) is 9.48. The van der Waals surface area contributed by atoms with Crippen molar-refractivity contribution in [3.8, 4) is 6.07 Å². The average molecular weight is 504 g/mol. The number of nitrogens with one attached hydrogen (secondary N) is 3. The summed E-state index contributed by atoms with van der Waals surface area (Å²) >= 11 is 0. The molecule has 8 nitrogen and oxygen atoms in total. The number of nitriles is 1. The number of nitrogens with zero attached hydrogens (tertiary/aromatic N) is 2. The third kappa shape index (κ3) is 4.84. The van der Waals surface area contributed by atoms with Crippen LogP contribution >= 0.6 is 0 Å². The monoisotopic (exact) mass is 503 g/mol. The highest BCUT2D eigenvalue weighted by atomic mass is 19.1. The molecule has 0 spiro atoms. The first-order valence-corrected chi connectivity index (χ1v) is 12.5. The van der Waals surface area contributed by atoms with Crippen LogP contribution in [0.25, 0.3) is 5.57 Å². The van der Waals surface area contributed by atoms with Crippen LogP contribution in [0, 0.1) is 28.5 Å². The van der Waals surface area contributed by atoms with Crippen LogP contribution in [0.5, 0.6) is 0 Å². The molecular weight excluding hydrogens is 473 g/mol. The molecule has 9 heteroatoms. The van der Waals surface area contributed by atoms with E-state index in [1.807, 2.05) is 25.1 Å². The van der Waals surface area contributed by atoms with Gasteiger partial charge in [0.15, 0.2) is 0 Å². The first kappa shape index (κ1) is 24.6. The lowest BCUT2D eigenvalue weighted by molar-refractivity contribution is -0.132. The Morgan fingerprint density at radius 1 is 1.32 bits per heavy atom. The predicted octanol–water partition coefficient (Wildman–Crippen LogP) is 2.83. The Labute approximate surface area is 215 Å². The van der Waals surface area contributed by atoms with E-state index in [0.29, 0.717) is 42.1 Å². The van der Waals surface area contributed by atoms with Gasteiger partial charge in [0.2, 0.25) is 11.8 Å². The molecule has 1 aliphatic carbocycles. The van der Waals surface area contributed by atoms with E-state index in [4.69, 9.17) is 4.74 Å². The summed E-state index contributed by atoms with van der Waals surface area (Å²) in [7, 11) is 1.57. The quantitative estimate of drug-likeness (QED) is 0.529. The van der Waals surface area contributed by atoms with Crippen LogP contribution in [0.15, 0.2) is 59.8 Å². The second-order valence-electron chi connectivity index (χ2n) is 9.97. The molecule has 1 aromatic rings. The van der Waals surface area contributed by atoms with Gasteiger partial charge in [-0.2, -0.15) is 5.26 Å². The fraction of sp³-hybridized carbons (Fsp3) is 0.393. The van der Waals surface area contributed by atoms with E-state index < -0.39 is 17.3 Å². The minimum Gasteiger partial charge on any atom is -0.495 e. The van der Waals surface area contributed by atoms with Gasteiger partial charge in [-0.05, 0) is 85.2 Å². The van der Waals surface area contributed by atoms with Crippen molar-refractivity contribution < 1.29 is 18.7 Å². The molecule has 3 heterocycles. The van der Waals surface area contributed by atoms with E-state index in [2.05, 4.69) is 22.0 Å². The molecule has 2 amide bonds. The maximum Gasteiger partial charge on any atom is 0.247 e. The zero-order chi connectivity index (χ0) is 26.2. The standard InChI is InChI=1S/C28H30FN5O3/c1-17-7-23(34-6-5-28(16-30,27(34)36)21-3-4-21)12-25(33-17)26(35)32-13-18-8-19(10-22(29)9-18)20-11-24(37-2)15-31-14-20/h7-12,15,21,25,31,33H,3-6,13-14H2,1-2H3,(H,32,35). The lowest BCUT2D eigenvalue weighted by Gasteiger charge is -2.27. The van der Waals surface area contributed by atoms with Gasteiger partial charge in [-0.25, -0.2) is 4.39 Å². The molecule has 37 heavy (non-hydrogen) atoms. The van der Waals surface area contributed by atoms with Gasteiger partial charge in [0.1, 0.15) is 23.0 Å². The Kier molecular flexibility index (Phi) is 6.50. The van der Waals surface area contributed by atoms with Crippen molar-refractivity contribution in [2.24, 2.45) is 11.3 Å². The van der Waals surface area contributed by atoms with Crippen molar-refractivity contribution in [3.63, 3.8) is 0 Å². The largest absolute Gasteiger partial charge is 0.495 e. The highest BCUT2D eigenvalue weighted by Crippen LogP contribution is 2.52. The molecule has 3 N–H and O–H groups in total. The van der Waals surface area contributed by atoms with Crippen LogP contribution in [-0.4, -0.2) is 43.0 Å². The summed E-state index contributed by atoms with van der Waals surface area (Å²) in [5.41, 5.74) is 2.65. The number of allylic oxidation sites excluding steroid dienone is 3. The van der Waals surface area contributed by atoms with Gasteiger partial charge in [-0.1, -0.05) is 0 Å². The lowest BCUT2D eigenvalue weighted by atomic mass is 9.82. The molecule has 2 fully saturated rings. The maximum absolute atomic E-state index is 14.4. The van der Waals surface area contributed by atoms with Crippen molar-refractivity contribution in [3.05, 3.63) is 76.7 Å². The number of likely N-dealkylation sites (tertiary alicyclic amines) is 1. The topological polar surface area (TPSA) is 106 Å². The van der Waals surface area contributed by atoms with Crippen molar-refractivity contribution in [1.29, 1.82) is 5.26 Å². The van der Waals surface area contributed by atoms with Gasteiger partial charge >= 0.3 is 0 Å². The summed E-state index contributed by atoms with van der Waals surface area (Å²) in [5, 5.41) is 18.9. The Morgan fingerprint density at radius 3 is 2.86 bits per heavy atom. The van der Waals surface area contributed by atoms with E-state index in [1.165, 1.54) is 12.1 Å². The Hall–Kier alpha value is -4.06. The molecule has 1 saturated heterocycles. The molecule has 0 aromatic heterocycles. The number of benzene rings is 1. The van der Waals surface area contributed by atoms with E-state index >= 15 is 0 Å². The third-order valence-electron chi connectivity index (χ3n) is 7.39. The highest BCUT2D eigenvalue weighted by Gasteiger charge is 2.57. The third-order valence-corrected chi connectivity index (χ3v) is 7.39. The Morgan fingerprint density at radius 2 is 2.14 bits per heavy atom. The Balaban J connectivity index is 1.28. The number of carbonyl (C=O) groups excluding carboxylic acids is 2. The molecule has 1 saturated carbocycles. The minimum absolute atomic E-state index is 0.134. The number of ether oxygens (including phenoxy) is 1. The Bertz CT molecular complexity index is 1300. The van der Waals surface area contributed by atoms with Crippen LogP contribution in [0.1, 0.15) is 37.3 Å². The summed E-state index contributed by atoms with van der Waals surface area (Å²) in [4.78, 5) is 27.9. The lowest BCUT2D eigenvalue weighted by Crippen LogP contribution is -2.45. The van der Waals surface area contributed by atoms with Crippen molar-refractivity contribution in [2.45, 2.75) is 38.8 Å². The maximum atomic E-state index is 14.4. The van der Waals surface area contributed by atoms with E-state index in [9.17, 15) is 19.2 Å². The first-order valence-electron chi connectivity index (χ1n) is 12.5. The van der Waals surface area contributed by atoms with Gasteiger partial charge in [0.05, 0.1) is 13.2 Å². The molecule has 5 rings (SSSR count). The van der Waals surface area contributed by atoms with Gasteiger partial charge in [-0.3, -0.25) is 9.59 Å². The van der Waals surface area contributed by atoms with Gasteiger partial charge < -0.3 is 25.6 Å². The molecule has 4 aliphatic rings. The molecule has 2 unspecified atom stereocenters. The van der Waals surface area contributed by atoms with E-state index in [-0.39, 0.29) is 24.3 Å². The second-order valence-corrected chi connectivity index (χ2v) is 9.97. The zero-order valence-corrected chi connectivity index (χ0v) is 20.9. The first-order chi connectivity index (χ1) is 17.8. The van der Waals surface area contributed by atoms with Crippen LogP contribution in [0.4, 0.5) is 4.39 Å². The molecule has 0 bridgehead atoms. The molecule has 3 aliphatic heterocycles. The summed E-state index contributed by atoms with van der Waals surface area (Å²) < 4.78 is 19.7. The smallest absolute Gasteiger partial charge is 0.247 e. The van der Waals surface area contributed by atoms with Crippen molar-refractivity contribution in [1.82, 2.24) is 20.9 Å². The number of carbonyl (C=O) groups is 2. The summed E-state index contributed by atoms with van der Waals surface area (Å²) in [5.74, 6) is -0.0687. The number of rotatable bonds is 7. The summed E-state index contributed by atoms with van der Waals surface area (Å²) in [6.45, 7) is 2.98. The SMILES string of the molecule is COC1=CNCC(c2cc(F)cc(CNC(=O)C3C=C(N4CCC(C#N)(C5CC5)C4=O)C=C(C)N3)c2)=C1. The van der Waals surface area contributed by atoms with Crippen molar-refractivity contribution in [2.75, 3.05) is 20.2 Å². The van der Waals surface area contributed by atoms with Gasteiger partial charge in [0.25, 0.3) is 0 Å². The number of hydrogen-bond donors (Lipinski definition) is 3. The van der Waals surface area contributed by atoms with Gasteiger partial charge in [-0.15, -0.1) is 0 Å². The van der Waals surface area contributed by atoms with Crippen LogP contribution in [0.2, 0.25) is 0 Å². The molecule has 192 valence electrons. The van der Waals surface area contributed by atoms with Crippen molar-refractivity contribution >= 4 is 17.4 Å². The molecule has 2 atom stereocenters. The molecule has 0 radical (unpaired) electrons.